The molecule has 0 radical (unpaired) electrons. The monoisotopic (exact) mass is 257 g/mol. The number of amides is 1. The number of carbonyl (C=O) groups is 2. The highest BCUT2D eigenvalue weighted by molar-refractivity contribution is 5.77. The minimum Gasteiger partial charge on any atom is -0.481 e. The topological polar surface area (TPSA) is 66.8 Å². The fourth-order valence-corrected chi connectivity index (χ4v) is 2.18. The van der Waals surface area contributed by atoms with E-state index < -0.39 is 11.6 Å². The van der Waals surface area contributed by atoms with Crippen LogP contribution in [0.2, 0.25) is 0 Å². The number of aliphatic carboxylic acids is 1. The van der Waals surface area contributed by atoms with Crippen LogP contribution in [0.5, 0.6) is 0 Å². The molecule has 5 heteroatoms. The molecular formula is C13H23NO4. The zero-order chi connectivity index (χ0) is 13.8. The van der Waals surface area contributed by atoms with E-state index >= 15 is 0 Å². The van der Waals surface area contributed by atoms with Crippen molar-refractivity contribution < 1.29 is 19.4 Å². The Morgan fingerprint density at radius 2 is 1.89 bits per heavy atom. The Labute approximate surface area is 108 Å². The van der Waals surface area contributed by atoms with Crippen molar-refractivity contribution in [2.24, 2.45) is 5.92 Å². The van der Waals surface area contributed by atoms with Crippen LogP contribution in [-0.2, 0) is 14.3 Å². The summed E-state index contributed by atoms with van der Waals surface area (Å²) in [7, 11) is 1.60. The van der Waals surface area contributed by atoms with Crippen molar-refractivity contribution in [3.63, 3.8) is 0 Å². The number of methoxy groups -OCH3 is 1. The molecule has 1 aliphatic heterocycles. The molecule has 0 aromatic carbocycles. The molecule has 1 aliphatic rings. The smallest absolute Gasteiger partial charge is 0.303 e. The quantitative estimate of drug-likeness (QED) is 0.810. The summed E-state index contributed by atoms with van der Waals surface area (Å²) in [4.78, 5) is 24.5. The number of carboxylic acids is 1. The molecule has 0 aliphatic carbocycles. The fraction of sp³-hybridized carbons (Fsp3) is 0.846. The Kier molecular flexibility index (Phi) is 5.14. The molecule has 0 unspecified atom stereocenters. The molecule has 0 saturated carbocycles. The predicted octanol–water partition coefficient (Wildman–Crippen LogP) is 1.51. The number of rotatable bonds is 5. The van der Waals surface area contributed by atoms with Gasteiger partial charge in [0.2, 0.25) is 5.91 Å². The van der Waals surface area contributed by atoms with Gasteiger partial charge in [0.1, 0.15) is 0 Å². The van der Waals surface area contributed by atoms with Crippen LogP contribution in [0.15, 0.2) is 0 Å². The van der Waals surface area contributed by atoms with Crippen LogP contribution in [0.3, 0.4) is 0 Å². The first-order valence-corrected chi connectivity index (χ1v) is 6.39. The Hall–Kier alpha value is -1.10. The minimum atomic E-state index is -0.750. The molecule has 104 valence electrons. The number of ether oxygens (including phenoxy) is 1. The second kappa shape index (κ2) is 6.18. The van der Waals surface area contributed by atoms with Crippen LogP contribution in [-0.4, -0.2) is 47.7 Å². The number of carboxylic acid groups (broad SMARTS) is 1. The molecule has 5 nitrogen and oxygen atoms in total. The number of carbonyl (C=O) groups excluding carboxylic acids is 1. The lowest BCUT2D eigenvalue weighted by Crippen LogP contribution is -2.42. The Morgan fingerprint density at radius 3 is 2.33 bits per heavy atom. The second-order valence-electron chi connectivity index (χ2n) is 5.56. The van der Waals surface area contributed by atoms with Gasteiger partial charge in [-0.3, -0.25) is 9.59 Å². The zero-order valence-electron chi connectivity index (χ0n) is 11.4. The lowest BCUT2D eigenvalue weighted by Gasteiger charge is -2.33. The van der Waals surface area contributed by atoms with Gasteiger partial charge in [0.15, 0.2) is 0 Å². The van der Waals surface area contributed by atoms with E-state index in [0.29, 0.717) is 19.5 Å². The van der Waals surface area contributed by atoms with Gasteiger partial charge in [0.25, 0.3) is 0 Å². The number of nitrogens with zero attached hydrogens (tertiary/aromatic N) is 1. The molecule has 0 aromatic heterocycles. The van der Waals surface area contributed by atoms with Crippen LogP contribution < -0.4 is 0 Å². The van der Waals surface area contributed by atoms with Gasteiger partial charge < -0.3 is 14.7 Å². The van der Waals surface area contributed by atoms with Crippen molar-refractivity contribution in [2.45, 2.75) is 45.1 Å². The predicted molar refractivity (Wildman–Crippen MR) is 67.3 cm³/mol. The summed E-state index contributed by atoms with van der Waals surface area (Å²) >= 11 is 0. The van der Waals surface area contributed by atoms with E-state index in [2.05, 4.69) is 0 Å². The van der Waals surface area contributed by atoms with Gasteiger partial charge in [-0.05, 0) is 32.6 Å². The van der Waals surface area contributed by atoms with E-state index in [-0.39, 0.29) is 18.2 Å². The zero-order valence-corrected chi connectivity index (χ0v) is 11.4. The summed E-state index contributed by atoms with van der Waals surface area (Å²) in [5, 5.41) is 8.73. The Morgan fingerprint density at radius 1 is 1.33 bits per heavy atom. The van der Waals surface area contributed by atoms with Gasteiger partial charge in [-0.2, -0.15) is 0 Å². The summed E-state index contributed by atoms with van der Waals surface area (Å²) in [6.07, 6.45) is 2.15. The maximum Gasteiger partial charge on any atom is 0.303 e. The van der Waals surface area contributed by atoms with E-state index in [1.165, 1.54) is 0 Å². The van der Waals surface area contributed by atoms with Crippen molar-refractivity contribution in [1.29, 1.82) is 0 Å². The first kappa shape index (κ1) is 15.0. The number of hydrogen-bond donors (Lipinski definition) is 1. The number of hydrogen-bond acceptors (Lipinski definition) is 3. The highest BCUT2D eigenvalue weighted by Crippen LogP contribution is 2.22. The standard InChI is InChI=1S/C13H23NO4/c1-13(2,18-3)9-11(15)14-6-4-10(5-7-14)8-12(16)17/h10H,4-9H2,1-3H3,(H,16,17). The molecule has 0 bridgehead atoms. The van der Waals surface area contributed by atoms with Crippen molar-refractivity contribution in [3.8, 4) is 0 Å². The Balaban J connectivity index is 2.38. The van der Waals surface area contributed by atoms with Gasteiger partial charge >= 0.3 is 5.97 Å². The van der Waals surface area contributed by atoms with E-state index in [4.69, 9.17) is 9.84 Å². The van der Waals surface area contributed by atoms with Crippen LogP contribution >= 0.6 is 0 Å². The third kappa shape index (κ3) is 4.64. The molecule has 1 saturated heterocycles. The third-order valence-electron chi connectivity index (χ3n) is 3.56. The van der Waals surface area contributed by atoms with E-state index in [9.17, 15) is 9.59 Å². The summed E-state index contributed by atoms with van der Waals surface area (Å²) in [5.74, 6) is -0.446. The average Bonchev–Trinajstić information content (AvgIpc) is 2.28. The molecule has 0 spiro atoms. The van der Waals surface area contributed by atoms with E-state index in [0.717, 1.165) is 12.8 Å². The molecule has 1 N–H and O–H groups in total. The fourth-order valence-electron chi connectivity index (χ4n) is 2.18. The minimum absolute atomic E-state index is 0.0932. The van der Waals surface area contributed by atoms with Crippen molar-refractivity contribution in [1.82, 2.24) is 4.90 Å². The van der Waals surface area contributed by atoms with E-state index in [1.807, 2.05) is 18.7 Å². The van der Waals surface area contributed by atoms with Crippen molar-refractivity contribution >= 4 is 11.9 Å². The maximum absolute atomic E-state index is 12.0. The highest BCUT2D eigenvalue weighted by atomic mass is 16.5. The lowest BCUT2D eigenvalue weighted by molar-refractivity contribution is -0.139. The van der Waals surface area contributed by atoms with E-state index in [1.54, 1.807) is 7.11 Å². The molecule has 1 rings (SSSR count). The SMILES string of the molecule is COC(C)(C)CC(=O)N1CCC(CC(=O)O)CC1. The Bertz CT molecular complexity index is 306. The molecule has 0 aromatic rings. The molecule has 1 fully saturated rings. The molecular weight excluding hydrogens is 234 g/mol. The normalized spacial score (nSPS) is 17.8. The summed E-state index contributed by atoms with van der Waals surface area (Å²) < 4.78 is 5.25. The number of piperidine rings is 1. The van der Waals surface area contributed by atoms with Gasteiger partial charge in [-0.25, -0.2) is 0 Å². The van der Waals surface area contributed by atoms with Gasteiger partial charge in [-0.1, -0.05) is 0 Å². The summed E-state index contributed by atoms with van der Waals surface area (Å²) in [6.45, 7) is 5.11. The van der Waals surface area contributed by atoms with Crippen LogP contribution in [0.25, 0.3) is 0 Å². The molecule has 18 heavy (non-hydrogen) atoms. The van der Waals surface area contributed by atoms with Gasteiger partial charge in [0.05, 0.1) is 12.0 Å². The van der Waals surface area contributed by atoms with Crippen LogP contribution in [0.1, 0.15) is 39.5 Å². The third-order valence-corrected chi connectivity index (χ3v) is 3.56. The van der Waals surface area contributed by atoms with Crippen molar-refractivity contribution in [2.75, 3.05) is 20.2 Å². The van der Waals surface area contributed by atoms with Crippen molar-refractivity contribution in [3.05, 3.63) is 0 Å². The molecule has 1 amide bonds. The highest BCUT2D eigenvalue weighted by Gasteiger charge is 2.28. The lowest BCUT2D eigenvalue weighted by atomic mass is 9.93. The van der Waals surface area contributed by atoms with Gasteiger partial charge in [0, 0.05) is 26.6 Å². The molecule has 1 heterocycles. The summed E-state index contributed by atoms with van der Waals surface area (Å²) in [6, 6.07) is 0. The average molecular weight is 257 g/mol. The number of likely N-dealkylation sites (tertiary alicyclic amines) is 1. The molecule has 0 atom stereocenters. The van der Waals surface area contributed by atoms with Gasteiger partial charge in [-0.15, -0.1) is 0 Å². The van der Waals surface area contributed by atoms with Crippen LogP contribution in [0, 0.1) is 5.92 Å². The first-order chi connectivity index (χ1) is 8.34. The summed E-state index contributed by atoms with van der Waals surface area (Å²) in [5.41, 5.74) is -0.436. The second-order valence-corrected chi connectivity index (χ2v) is 5.56. The van der Waals surface area contributed by atoms with Crippen LogP contribution in [0.4, 0.5) is 0 Å². The largest absolute Gasteiger partial charge is 0.481 e. The maximum atomic E-state index is 12.0. The first-order valence-electron chi connectivity index (χ1n) is 6.39.